The van der Waals surface area contributed by atoms with Gasteiger partial charge in [0, 0.05) is 12.5 Å². The molecule has 5 aliphatic rings. The molecule has 0 aromatic rings. The maximum atomic E-state index is 12.8. The highest BCUT2D eigenvalue weighted by atomic mass is 16.4. The normalized spacial score (nSPS) is 49.3. The van der Waals surface area contributed by atoms with Crippen LogP contribution in [0.25, 0.3) is 0 Å². The number of hydrogen-bond donors (Lipinski definition) is 5. The summed E-state index contributed by atoms with van der Waals surface area (Å²) in [4.78, 5) is 24.2. The molecule has 5 aliphatic carbocycles. The highest BCUT2D eigenvalue weighted by molar-refractivity contribution is 5.76. The van der Waals surface area contributed by atoms with Gasteiger partial charge in [0.1, 0.15) is 0 Å². The first-order valence-electron chi connectivity index (χ1n) is 15.5. The first kappa shape index (κ1) is 28.4. The Hall–Kier alpha value is -1.18. The standard InChI is InChI=1S/C31H51NO6/c1-17(7-10-27(36)32-20-6-4-5-18(13-20)29(37)38)22-8-9-23-28-24(16-26(35)31(22,23)3)30(2)12-11-21(33)14-19(30)15-25(28)34/h17-26,28,33-35H,4-16H2,1-3H3,(H,32,36)(H,37,38)/t17?,18?,19?,20?,21-,22-,23?,24?,25-,26+,28?,30+,31-/m1/s1. The molecule has 7 heteroatoms. The number of aliphatic hydroxyl groups is 3. The molecule has 0 bridgehead atoms. The van der Waals surface area contributed by atoms with E-state index in [2.05, 4.69) is 26.1 Å². The number of fused-ring (bicyclic) bond motifs is 5. The first-order valence-corrected chi connectivity index (χ1v) is 15.5. The molecule has 1 amide bonds. The Labute approximate surface area is 228 Å². The van der Waals surface area contributed by atoms with Crippen LogP contribution < -0.4 is 5.32 Å². The van der Waals surface area contributed by atoms with Crippen LogP contribution in [0.3, 0.4) is 0 Å². The molecule has 38 heavy (non-hydrogen) atoms. The summed E-state index contributed by atoms with van der Waals surface area (Å²) in [5, 5.41) is 45.9. The molecule has 0 radical (unpaired) electrons. The smallest absolute Gasteiger partial charge is 0.306 e. The lowest BCUT2D eigenvalue weighted by Gasteiger charge is -2.63. The maximum Gasteiger partial charge on any atom is 0.306 e. The van der Waals surface area contributed by atoms with Crippen molar-refractivity contribution < 1.29 is 30.0 Å². The van der Waals surface area contributed by atoms with Crippen molar-refractivity contribution in [1.29, 1.82) is 0 Å². The van der Waals surface area contributed by atoms with Crippen molar-refractivity contribution >= 4 is 11.9 Å². The van der Waals surface area contributed by atoms with Crippen LogP contribution in [0, 0.1) is 52.3 Å². The van der Waals surface area contributed by atoms with E-state index in [1.54, 1.807) is 0 Å². The number of carbonyl (C=O) groups is 2. The van der Waals surface area contributed by atoms with Gasteiger partial charge in [-0.15, -0.1) is 0 Å². The van der Waals surface area contributed by atoms with Crippen LogP contribution in [0.15, 0.2) is 0 Å². The predicted octanol–water partition coefficient (Wildman–Crippen LogP) is 4.12. The SMILES string of the molecule is CC(CCC(=O)NC1CCCC(C(=O)O)C1)[C@H]1CCC2C3C(C[C@H](O)[C@@]21C)[C@@]1(C)CC[C@@H](O)CC1C[C@H]3O. The third kappa shape index (κ3) is 4.83. The van der Waals surface area contributed by atoms with E-state index in [4.69, 9.17) is 0 Å². The van der Waals surface area contributed by atoms with Crippen LogP contribution in [0.1, 0.15) is 104 Å². The fraction of sp³-hybridized carbons (Fsp3) is 0.935. The van der Waals surface area contributed by atoms with Crippen molar-refractivity contribution in [2.75, 3.05) is 0 Å². The van der Waals surface area contributed by atoms with E-state index in [1.165, 1.54) is 0 Å². The van der Waals surface area contributed by atoms with Crippen LogP contribution in [0.2, 0.25) is 0 Å². The predicted molar refractivity (Wildman–Crippen MR) is 144 cm³/mol. The minimum atomic E-state index is -0.761. The minimum absolute atomic E-state index is 0.0120. The lowest BCUT2D eigenvalue weighted by molar-refractivity contribution is -0.207. The van der Waals surface area contributed by atoms with E-state index in [-0.39, 0.29) is 58.7 Å². The first-order chi connectivity index (χ1) is 17.9. The van der Waals surface area contributed by atoms with Gasteiger partial charge in [-0.2, -0.15) is 0 Å². The third-order valence-corrected chi connectivity index (χ3v) is 12.7. The molecule has 7 nitrogen and oxygen atoms in total. The quantitative estimate of drug-likeness (QED) is 0.350. The van der Waals surface area contributed by atoms with Crippen molar-refractivity contribution in [2.24, 2.45) is 52.3 Å². The van der Waals surface area contributed by atoms with Gasteiger partial charge in [-0.25, -0.2) is 0 Å². The van der Waals surface area contributed by atoms with Gasteiger partial charge >= 0.3 is 5.97 Å². The molecule has 0 aromatic heterocycles. The fourth-order valence-electron chi connectivity index (χ4n) is 10.5. The summed E-state index contributed by atoms with van der Waals surface area (Å²) in [5.74, 6) is 0.599. The molecule has 5 fully saturated rings. The highest BCUT2D eigenvalue weighted by Gasteiger charge is 2.65. The Balaban J connectivity index is 1.22. The van der Waals surface area contributed by atoms with Crippen LogP contribution >= 0.6 is 0 Å². The molecule has 5 N–H and O–H groups in total. The second-order valence-electron chi connectivity index (χ2n) is 14.5. The largest absolute Gasteiger partial charge is 0.481 e. The van der Waals surface area contributed by atoms with Gasteiger partial charge in [-0.05, 0) is 117 Å². The Kier molecular flexibility index (Phi) is 7.96. The number of aliphatic hydroxyl groups excluding tert-OH is 3. The van der Waals surface area contributed by atoms with Gasteiger partial charge in [-0.1, -0.05) is 27.2 Å². The molecule has 216 valence electrons. The molecule has 0 aliphatic heterocycles. The van der Waals surface area contributed by atoms with Gasteiger partial charge in [0.05, 0.1) is 24.2 Å². The number of amides is 1. The average molecular weight is 534 g/mol. The number of rotatable bonds is 6. The number of hydrogen-bond acceptors (Lipinski definition) is 5. The van der Waals surface area contributed by atoms with Gasteiger partial charge in [-0.3, -0.25) is 9.59 Å². The topological polar surface area (TPSA) is 127 Å². The highest BCUT2D eigenvalue weighted by Crippen LogP contribution is 2.68. The molecule has 7 unspecified atom stereocenters. The Morgan fingerprint density at radius 3 is 2.45 bits per heavy atom. The zero-order chi connectivity index (χ0) is 27.4. The number of carboxylic acids is 1. The van der Waals surface area contributed by atoms with Gasteiger partial charge in [0.15, 0.2) is 0 Å². The van der Waals surface area contributed by atoms with E-state index >= 15 is 0 Å². The summed E-state index contributed by atoms with van der Waals surface area (Å²) in [6, 6.07) is -0.0444. The average Bonchev–Trinajstić information content (AvgIpc) is 3.23. The second-order valence-corrected chi connectivity index (χ2v) is 14.5. The van der Waals surface area contributed by atoms with Crippen molar-refractivity contribution in [3.05, 3.63) is 0 Å². The summed E-state index contributed by atoms with van der Waals surface area (Å²) in [6.07, 6.45) is 9.17. The van der Waals surface area contributed by atoms with E-state index in [0.29, 0.717) is 37.0 Å². The van der Waals surface area contributed by atoms with Crippen LogP contribution in [0.4, 0.5) is 0 Å². The monoisotopic (exact) mass is 533 g/mol. The summed E-state index contributed by atoms with van der Waals surface area (Å²) < 4.78 is 0. The maximum absolute atomic E-state index is 12.8. The molecule has 0 heterocycles. The van der Waals surface area contributed by atoms with E-state index in [1.807, 2.05) is 0 Å². The van der Waals surface area contributed by atoms with E-state index in [0.717, 1.165) is 64.2 Å². The Morgan fingerprint density at radius 1 is 0.947 bits per heavy atom. The van der Waals surface area contributed by atoms with Crippen LogP contribution in [0.5, 0.6) is 0 Å². The van der Waals surface area contributed by atoms with Crippen molar-refractivity contribution in [3.63, 3.8) is 0 Å². The zero-order valence-electron chi connectivity index (χ0n) is 23.6. The Morgan fingerprint density at radius 2 is 1.71 bits per heavy atom. The molecule has 0 aromatic carbocycles. The summed E-state index contributed by atoms with van der Waals surface area (Å²) in [7, 11) is 0. The third-order valence-electron chi connectivity index (χ3n) is 12.7. The number of carboxylic acid groups (broad SMARTS) is 1. The van der Waals surface area contributed by atoms with E-state index < -0.39 is 12.1 Å². The molecule has 5 saturated carbocycles. The molecule has 5 rings (SSSR count). The van der Waals surface area contributed by atoms with Crippen molar-refractivity contribution in [2.45, 2.75) is 129 Å². The van der Waals surface area contributed by atoms with Gasteiger partial charge in [0.25, 0.3) is 0 Å². The van der Waals surface area contributed by atoms with Crippen LogP contribution in [-0.4, -0.2) is 56.7 Å². The van der Waals surface area contributed by atoms with Crippen molar-refractivity contribution in [1.82, 2.24) is 5.32 Å². The summed E-state index contributed by atoms with van der Waals surface area (Å²) in [6.45, 7) is 6.84. The molecular weight excluding hydrogens is 482 g/mol. The summed E-state index contributed by atoms with van der Waals surface area (Å²) in [5.41, 5.74) is -0.181. The molecule has 0 spiro atoms. The molecule has 13 atom stereocenters. The molecule has 0 saturated heterocycles. The lowest BCUT2D eigenvalue weighted by Crippen LogP contribution is -2.62. The Bertz CT molecular complexity index is 896. The van der Waals surface area contributed by atoms with Crippen LogP contribution in [-0.2, 0) is 9.59 Å². The van der Waals surface area contributed by atoms with Gasteiger partial charge < -0.3 is 25.7 Å². The zero-order valence-corrected chi connectivity index (χ0v) is 23.6. The minimum Gasteiger partial charge on any atom is -0.481 e. The lowest BCUT2D eigenvalue weighted by atomic mass is 9.43. The number of nitrogens with one attached hydrogen (secondary N) is 1. The van der Waals surface area contributed by atoms with Gasteiger partial charge in [0.2, 0.25) is 5.91 Å². The number of carbonyl (C=O) groups excluding carboxylic acids is 1. The summed E-state index contributed by atoms with van der Waals surface area (Å²) >= 11 is 0. The van der Waals surface area contributed by atoms with Crippen molar-refractivity contribution in [3.8, 4) is 0 Å². The fourth-order valence-corrected chi connectivity index (χ4v) is 10.5. The number of aliphatic carboxylic acids is 1. The van der Waals surface area contributed by atoms with E-state index in [9.17, 15) is 30.0 Å². The second kappa shape index (κ2) is 10.7. The molecular formula is C31H51NO6.